The summed E-state index contributed by atoms with van der Waals surface area (Å²) in [4.78, 5) is 20.3. The third-order valence-corrected chi connectivity index (χ3v) is 1.92. The molecule has 2 heterocycles. The molecule has 2 N–H and O–H groups in total. The second-order valence-corrected chi connectivity index (χ2v) is 3.31. The zero-order valence-corrected chi connectivity index (χ0v) is 16.1. The number of carboxylic acid groups (broad SMARTS) is 2. The fraction of sp³-hybridized carbons (Fsp3) is 0. The number of hydrazone groups is 2. The summed E-state index contributed by atoms with van der Waals surface area (Å²) >= 11 is 0. The Hall–Kier alpha value is -1.16. The van der Waals surface area contributed by atoms with Gasteiger partial charge < -0.3 is 19.8 Å². The largest absolute Gasteiger partial charge is 1.00 e. The standard InChI is InChI=1S/2C6H6N2O2.2Na/c2*9-6(10)5-2-1-3-7-8-4-5;;/h2*1-4,7H,(H,9,10);;/q;;2*+1/p-2. The van der Waals surface area contributed by atoms with Gasteiger partial charge in [-0.3, -0.25) is 10.9 Å². The number of carbonyl (C=O) groups excluding carboxylic acids is 2. The minimum atomic E-state index is -1.22. The summed E-state index contributed by atoms with van der Waals surface area (Å²) in [5.74, 6) is -2.45. The Morgan fingerprint density at radius 2 is 1.18 bits per heavy atom. The van der Waals surface area contributed by atoms with Crippen LogP contribution in [0.5, 0.6) is 0 Å². The van der Waals surface area contributed by atoms with Crippen LogP contribution in [0.2, 0.25) is 0 Å². The van der Waals surface area contributed by atoms with Gasteiger partial charge in [-0.05, 0) is 12.2 Å². The van der Waals surface area contributed by atoms with Crippen molar-refractivity contribution in [3.05, 3.63) is 47.9 Å². The molecule has 0 fully saturated rings. The molecule has 0 amide bonds. The summed E-state index contributed by atoms with van der Waals surface area (Å²) in [7, 11) is 0. The molecule has 0 radical (unpaired) electrons. The van der Waals surface area contributed by atoms with Crippen molar-refractivity contribution < 1.29 is 78.9 Å². The van der Waals surface area contributed by atoms with E-state index in [1.54, 1.807) is 0 Å². The van der Waals surface area contributed by atoms with Gasteiger partial charge in [0, 0.05) is 23.5 Å². The van der Waals surface area contributed by atoms with Crippen LogP contribution in [0.3, 0.4) is 0 Å². The minimum Gasteiger partial charge on any atom is -0.545 e. The van der Waals surface area contributed by atoms with Gasteiger partial charge in [0.2, 0.25) is 0 Å². The summed E-state index contributed by atoms with van der Waals surface area (Å²) in [5.41, 5.74) is 5.07. The molecule has 0 aromatic rings. The molecular weight excluding hydrogens is 310 g/mol. The molecule has 10 heteroatoms. The van der Waals surface area contributed by atoms with Gasteiger partial charge in [-0.25, -0.2) is 0 Å². The quantitative estimate of drug-likeness (QED) is 0.486. The summed E-state index contributed by atoms with van der Waals surface area (Å²) in [5, 5.41) is 27.4. The van der Waals surface area contributed by atoms with Crippen molar-refractivity contribution in [2.45, 2.75) is 0 Å². The average molecular weight is 320 g/mol. The Morgan fingerprint density at radius 3 is 1.50 bits per heavy atom. The van der Waals surface area contributed by atoms with Crippen LogP contribution in [0.15, 0.2) is 58.1 Å². The first kappa shape index (κ1) is 23.1. The van der Waals surface area contributed by atoms with Gasteiger partial charge >= 0.3 is 59.1 Å². The number of allylic oxidation sites excluding steroid dienone is 4. The van der Waals surface area contributed by atoms with Crippen molar-refractivity contribution in [1.82, 2.24) is 10.9 Å². The van der Waals surface area contributed by atoms with Crippen molar-refractivity contribution in [2.24, 2.45) is 10.2 Å². The Kier molecular flexibility index (Phi) is 14.2. The number of aliphatic carboxylic acids is 2. The van der Waals surface area contributed by atoms with Crippen LogP contribution in [-0.2, 0) is 9.59 Å². The van der Waals surface area contributed by atoms with E-state index in [2.05, 4.69) is 21.1 Å². The molecule has 104 valence electrons. The van der Waals surface area contributed by atoms with Crippen LogP contribution in [0.25, 0.3) is 0 Å². The molecule has 2 rings (SSSR count). The number of carbonyl (C=O) groups is 2. The first-order chi connectivity index (χ1) is 9.61. The molecule has 0 aromatic carbocycles. The maximum Gasteiger partial charge on any atom is 1.00 e. The SMILES string of the molecule is O=C([O-])C1=CC=CNN=C1.O=C([O-])C1=CC=CNN=C1.[Na+].[Na+]. The molecule has 0 spiro atoms. The molecule has 0 unspecified atom stereocenters. The van der Waals surface area contributed by atoms with E-state index in [9.17, 15) is 19.8 Å². The number of nitrogens with one attached hydrogen (secondary N) is 2. The molecule has 0 bridgehead atoms. The van der Waals surface area contributed by atoms with Crippen molar-refractivity contribution in [1.29, 1.82) is 0 Å². The Labute approximate surface area is 171 Å². The van der Waals surface area contributed by atoms with E-state index in [0.717, 1.165) is 0 Å². The maximum atomic E-state index is 10.2. The van der Waals surface area contributed by atoms with E-state index in [0.29, 0.717) is 0 Å². The first-order valence-electron chi connectivity index (χ1n) is 5.35. The van der Waals surface area contributed by atoms with Gasteiger partial charge in [0.1, 0.15) is 0 Å². The molecule has 0 saturated carbocycles. The van der Waals surface area contributed by atoms with Gasteiger partial charge in [0.25, 0.3) is 0 Å². The summed E-state index contributed by atoms with van der Waals surface area (Å²) < 4.78 is 0. The Morgan fingerprint density at radius 1 is 0.818 bits per heavy atom. The summed E-state index contributed by atoms with van der Waals surface area (Å²) in [6, 6.07) is 0. The van der Waals surface area contributed by atoms with E-state index in [-0.39, 0.29) is 70.3 Å². The normalized spacial score (nSPS) is 14.0. The maximum absolute atomic E-state index is 10.2. The Balaban J connectivity index is 0. The van der Waals surface area contributed by atoms with Crippen LogP contribution in [0.4, 0.5) is 0 Å². The second-order valence-electron chi connectivity index (χ2n) is 3.31. The smallest absolute Gasteiger partial charge is 0.545 e. The van der Waals surface area contributed by atoms with Crippen LogP contribution in [0, 0.1) is 0 Å². The molecule has 0 saturated heterocycles. The molecule has 22 heavy (non-hydrogen) atoms. The van der Waals surface area contributed by atoms with Crippen LogP contribution in [-0.4, -0.2) is 24.4 Å². The topological polar surface area (TPSA) is 129 Å². The third-order valence-electron chi connectivity index (χ3n) is 1.92. The second kappa shape index (κ2) is 13.5. The van der Waals surface area contributed by atoms with Gasteiger partial charge in [-0.1, -0.05) is 12.2 Å². The molecule has 0 atom stereocenters. The number of rotatable bonds is 2. The zero-order valence-electron chi connectivity index (χ0n) is 12.1. The van der Waals surface area contributed by atoms with Crippen molar-refractivity contribution in [3.8, 4) is 0 Å². The third kappa shape index (κ3) is 9.72. The van der Waals surface area contributed by atoms with Gasteiger partial charge in [0.05, 0.1) is 24.4 Å². The summed E-state index contributed by atoms with van der Waals surface area (Å²) in [6.45, 7) is 0. The van der Waals surface area contributed by atoms with E-state index in [1.807, 2.05) is 0 Å². The first-order valence-corrected chi connectivity index (χ1v) is 5.35. The van der Waals surface area contributed by atoms with Crippen molar-refractivity contribution in [3.63, 3.8) is 0 Å². The summed E-state index contributed by atoms with van der Waals surface area (Å²) in [6.07, 6.45) is 11.3. The van der Waals surface area contributed by atoms with Crippen LogP contribution in [0.1, 0.15) is 0 Å². The minimum absolute atomic E-state index is 0. The van der Waals surface area contributed by atoms with E-state index >= 15 is 0 Å². The number of hydrogen-bond donors (Lipinski definition) is 2. The molecular formula is C12H10N4Na2O4. The van der Waals surface area contributed by atoms with Crippen LogP contribution >= 0.6 is 0 Å². The van der Waals surface area contributed by atoms with E-state index in [1.165, 1.54) is 49.1 Å². The fourth-order valence-electron chi connectivity index (χ4n) is 1.02. The average Bonchev–Trinajstić information content (AvgIpc) is 2.84. The van der Waals surface area contributed by atoms with Crippen molar-refractivity contribution in [2.75, 3.05) is 0 Å². The monoisotopic (exact) mass is 320 g/mol. The predicted octanol–water partition coefficient (Wildman–Crippen LogP) is -8.46. The molecule has 2 aliphatic heterocycles. The predicted molar refractivity (Wildman–Crippen MR) is 67.7 cm³/mol. The van der Waals surface area contributed by atoms with E-state index in [4.69, 9.17) is 0 Å². The molecule has 0 aromatic heterocycles. The van der Waals surface area contributed by atoms with Gasteiger partial charge in [0.15, 0.2) is 0 Å². The fourth-order valence-corrected chi connectivity index (χ4v) is 1.02. The molecule has 2 aliphatic rings. The molecule has 0 aliphatic carbocycles. The van der Waals surface area contributed by atoms with Gasteiger partial charge in [-0.2, -0.15) is 10.2 Å². The number of nitrogens with zero attached hydrogens (tertiary/aromatic N) is 2. The molecule has 8 nitrogen and oxygen atoms in total. The number of hydrogen-bond acceptors (Lipinski definition) is 8. The Bertz CT molecular complexity index is 515. The zero-order chi connectivity index (χ0) is 14.8. The van der Waals surface area contributed by atoms with Crippen LogP contribution < -0.4 is 80.2 Å². The van der Waals surface area contributed by atoms with Crippen molar-refractivity contribution >= 4 is 24.4 Å². The van der Waals surface area contributed by atoms with E-state index < -0.39 is 11.9 Å². The van der Waals surface area contributed by atoms with Gasteiger partial charge in [-0.15, -0.1) is 0 Å². The number of carboxylic acids is 2.